The standard InChI is InChI=1S/C19H28O3/c1-3-4-8-12-17-16(14-15-18(17)20)11-9-6-5-7-10-13-19(21)22-2/h4,8,12,14-16H,3,5-7,9-11,13H2,1-2H3/b8-4+,17-12+/t16-/m0/s1. The maximum atomic E-state index is 11.8. The Hall–Kier alpha value is -1.64. The number of methoxy groups -OCH3 is 1. The molecule has 22 heavy (non-hydrogen) atoms. The van der Waals surface area contributed by atoms with Crippen molar-refractivity contribution in [2.75, 3.05) is 7.11 Å². The normalized spacial score (nSPS) is 19.5. The summed E-state index contributed by atoms with van der Waals surface area (Å²) in [7, 11) is 1.43. The van der Waals surface area contributed by atoms with Crippen molar-refractivity contribution in [3.05, 3.63) is 36.0 Å². The number of rotatable bonds is 10. The van der Waals surface area contributed by atoms with Crippen LogP contribution >= 0.6 is 0 Å². The lowest BCUT2D eigenvalue weighted by Crippen LogP contribution is -2.02. The minimum Gasteiger partial charge on any atom is -0.469 e. The lowest BCUT2D eigenvalue weighted by Gasteiger charge is -2.09. The van der Waals surface area contributed by atoms with Gasteiger partial charge in [-0.25, -0.2) is 0 Å². The maximum absolute atomic E-state index is 11.8. The molecule has 122 valence electrons. The van der Waals surface area contributed by atoms with E-state index in [2.05, 4.69) is 17.7 Å². The summed E-state index contributed by atoms with van der Waals surface area (Å²) in [5, 5.41) is 0. The first kappa shape index (κ1) is 18.4. The van der Waals surface area contributed by atoms with Crippen molar-refractivity contribution in [3.8, 4) is 0 Å². The molecule has 0 aromatic rings. The lowest BCUT2D eigenvalue weighted by molar-refractivity contribution is -0.140. The fourth-order valence-electron chi connectivity index (χ4n) is 2.62. The third kappa shape index (κ3) is 6.88. The minimum absolute atomic E-state index is 0.121. The fraction of sp³-hybridized carbons (Fsp3) is 0.579. The minimum atomic E-state index is -0.121. The van der Waals surface area contributed by atoms with Crippen LogP contribution < -0.4 is 0 Å². The zero-order valence-corrected chi connectivity index (χ0v) is 13.8. The van der Waals surface area contributed by atoms with Crippen molar-refractivity contribution in [1.82, 2.24) is 0 Å². The van der Waals surface area contributed by atoms with Gasteiger partial charge in [-0.15, -0.1) is 0 Å². The summed E-state index contributed by atoms with van der Waals surface area (Å²) < 4.78 is 4.62. The topological polar surface area (TPSA) is 43.4 Å². The predicted octanol–water partition coefficient (Wildman–Crippen LogP) is 4.54. The van der Waals surface area contributed by atoms with Crippen LogP contribution in [0.25, 0.3) is 0 Å². The molecule has 0 spiro atoms. The van der Waals surface area contributed by atoms with Gasteiger partial charge in [0, 0.05) is 17.9 Å². The molecule has 0 amide bonds. The van der Waals surface area contributed by atoms with Crippen LogP contribution in [0, 0.1) is 5.92 Å². The highest BCUT2D eigenvalue weighted by Gasteiger charge is 2.21. The average molecular weight is 304 g/mol. The Labute approximate surface area is 134 Å². The third-order valence-electron chi connectivity index (χ3n) is 3.94. The van der Waals surface area contributed by atoms with Gasteiger partial charge in [0.05, 0.1) is 7.11 Å². The fourth-order valence-corrected chi connectivity index (χ4v) is 2.62. The number of esters is 1. The van der Waals surface area contributed by atoms with Gasteiger partial charge < -0.3 is 4.74 Å². The summed E-state index contributed by atoms with van der Waals surface area (Å²) in [4.78, 5) is 22.8. The highest BCUT2D eigenvalue weighted by Crippen LogP contribution is 2.27. The first-order valence-corrected chi connectivity index (χ1v) is 8.35. The van der Waals surface area contributed by atoms with Crippen LogP contribution in [0.2, 0.25) is 0 Å². The number of allylic oxidation sites excluding steroid dienone is 6. The molecule has 1 aliphatic carbocycles. The van der Waals surface area contributed by atoms with Crippen LogP contribution in [0.15, 0.2) is 36.0 Å². The molecule has 0 fully saturated rings. The van der Waals surface area contributed by atoms with E-state index >= 15 is 0 Å². The van der Waals surface area contributed by atoms with Gasteiger partial charge in [0.2, 0.25) is 0 Å². The highest BCUT2D eigenvalue weighted by atomic mass is 16.5. The van der Waals surface area contributed by atoms with Crippen molar-refractivity contribution < 1.29 is 14.3 Å². The molecule has 0 saturated heterocycles. The molecular formula is C19H28O3. The van der Waals surface area contributed by atoms with Gasteiger partial charge in [-0.2, -0.15) is 0 Å². The molecule has 0 aliphatic heterocycles. The van der Waals surface area contributed by atoms with E-state index in [9.17, 15) is 9.59 Å². The van der Waals surface area contributed by atoms with Gasteiger partial charge in [-0.3, -0.25) is 9.59 Å². The van der Waals surface area contributed by atoms with Crippen molar-refractivity contribution in [2.45, 2.75) is 58.3 Å². The van der Waals surface area contributed by atoms with Crippen LogP contribution in [-0.4, -0.2) is 18.9 Å². The summed E-state index contributed by atoms with van der Waals surface area (Å²) >= 11 is 0. The van der Waals surface area contributed by atoms with Crippen LogP contribution in [0.3, 0.4) is 0 Å². The Kier molecular flexibility index (Phi) is 9.20. The molecule has 1 atom stereocenters. The summed E-state index contributed by atoms with van der Waals surface area (Å²) in [6.07, 6.45) is 17.7. The van der Waals surface area contributed by atoms with Gasteiger partial charge in [0.25, 0.3) is 0 Å². The highest BCUT2D eigenvalue weighted by molar-refractivity contribution is 6.07. The number of hydrogen-bond acceptors (Lipinski definition) is 3. The van der Waals surface area contributed by atoms with E-state index in [4.69, 9.17) is 0 Å². The van der Waals surface area contributed by atoms with E-state index in [-0.39, 0.29) is 17.7 Å². The first-order valence-electron chi connectivity index (χ1n) is 8.35. The predicted molar refractivity (Wildman–Crippen MR) is 89.5 cm³/mol. The van der Waals surface area contributed by atoms with Crippen LogP contribution in [-0.2, 0) is 14.3 Å². The molecule has 1 aliphatic rings. The van der Waals surface area contributed by atoms with E-state index in [1.807, 2.05) is 18.2 Å². The summed E-state index contributed by atoms with van der Waals surface area (Å²) in [5.74, 6) is 0.317. The average Bonchev–Trinajstić information content (AvgIpc) is 2.87. The molecule has 0 aromatic carbocycles. The Morgan fingerprint density at radius 1 is 1.23 bits per heavy atom. The number of ketones is 1. The van der Waals surface area contributed by atoms with Crippen LogP contribution in [0.5, 0.6) is 0 Å². The van der Waals surface area contributed by atoms with Gasteiger partial charge >= 0.3 is 5.97 Å². The molecular weight excluding hydrogens is 276 g/mol. The van der Waals surface area contributed by atoms with Crippen LogP contribution in [0.1, 0.15) is 58.3 Å². The molecule has 0 N–H and O–H groups in total. The second-order valence-electron chi connectivity index (χ2n) is 5.67. The van der Waals surface area contributed by atoms with Gasteiger partial charge in [-0.05, 0) is 25.3 Å². The number of ether oxygens (including phenoxy) is 1. The quantitative estimate of drug-likeness (QED) is 0.338. The zero-order chi connectivity index (χ0) is 16.2. The van der Waals surface area contributed by atoms with Crippen molar-refractivity contribution >= 4 is 11.8 Å². The van der Waals surface area contributed by atoms with Crippen molar-refractivity contribution in [2.24, 2.45) is 5.92 Å². The molecule has 0 radical (unpaired) electrons. The summed E-state index contributed by atoms with van der Waals surface area (Å²) in [6.45, 7) is 2.08. The maximum Gasteiger partial charge on any atom is 0.305 e. The number of unbranched alkanes of at least 4 members (excludes halogenated alkanes) is 4. The Morgan fingerprint density at radius 3 is 2.68 bits per heavy atom. The Morgan fingerprint density at radius 2 is 1.95 bits per heavy atom. The van der Waals surface area contributed by atoms with Crippen molar-refractivity contribution in [3.63, 3.8) is 0 Å². The van der Waals surface area contributed by atoms with E-state index in [0.717, 1.165) is 50.5 Å². The molecule has 0 aromatic heterocycles. The van der Waals surface area contributed by atoms with Gasteiger partial charge in [0.15, 0.2) is 5.78 Å². The molecule has 0 unspecified atom stereocenters. The number of carbonyl (C=O) groups excluding carboxylic acids is 2. The van der Waals surface area contributed by atoms with E-state index in [1.54, 1.807) is 6.08 Å². The Bertz CT molecular complexity index is 444. The lowest BCUT2D eigenvalue weighted by atomic mass is 9.94. The number of hydrogen-bond donors (Lipinski definition) is 0. The molecule has 3 heteroatoms. The van der Waals surface area contributed by atoms with Gasteiger partial charge in [-0.1, -0.05) is 56.9 Å². The van der Waals surface area contributed by atoms with Gasteiger partial charge in [0.1, 0.15) is 0 Å². The molecule has 0 heterocycles. The summed E-state index contributed by atoms with van der Waals surface area (Å²) in [6, 6.07) is 0. The molecule has 3 nitrogen and oxygen atoms in total. The SMILES string of the molecule is CC/C=C/C=C1/C(=O)C=C[C@@H]1CCCCCCCC(=O)OC. The van der Waals surface area contributed by atoms with Crippen LogP contribution in [0.4, 0.5) is 0 Å². The Balaban J connectivity index is 2.19. The second kappa shape index (κ2) is 11.0. The number of carbonyl (C=O) groups is 2. The third-order valence-corrected chi connectivity index (χ3v) is 3.94. The van der Waals surface area contributed by atoms with E-state index in [1.165, 1.54) is 7.11 Å². The van der Waals surface area contributed by atoms with Crippen molar-refractivity contribution in [1.29, 1.82) is 0 Å². The molecule has 0 saturated carbocycles. The first-order chi connectivity index (χ1) is 10.7. The monoisotopic (exact) mass is 304 g/mol. The van der Waals surface area contributed by atoms with E-state index < -0.39 is 0 Å². The largest absolute Gasteiger partial charge is 0.469 e. The summed E-state index contributed by atoms with van der Waals surface area (Å²) in [5.41, 5.74) is 0.926. The zero-order valence-electron chi connectivity index (χ0n) is 13.8. The molecule has 0 bridgehead atoms. The van der Waals surface area contributed by atoms with E-state index in [0.29, 0.717) is 6.42 Å². The molecule has 1 rings (SSSR count). The second-order valence-corrected chi connectivity index (χ2v) is 5.67. The smallest absolute Gasteiger partial charge is 0.305 e.